The Balaban J connectivity index is 1.74. The minimum Gasteiger partial charge on any atom is -0.481 e. The van der Waals surface area contributed by atoms with Crippen LogP contribution >= 0.6 is 11.6 Å². The zero-order valence-corrected chi connectivity index (χ0v) is 19.0. The van der Waals surface area contributed by atoms with Crippen molar-refractivity contribution in [1.29, 1.82) is 0 Å². The van der Waals surface area contributed by atoms with E-state index in [0.717, 1.165) is 40.7 Å². The molecule has 3 aromatic heterocycles. The van der Waals surface area contributed by atoms with Crippen molar-refractivity contribution in [3.63, 3.8) is 0 Å². The van der Waals surface area contributed by atoms with Crippen molar-refractivity contribution in [3.8, 4) is 22.8 Å². The van der Waals surface area contributed by atoms with Crippen LogP contribution in [-0.4, -0.2) is 45.7 Å². The van der Waals surface area contributed by atoms with Crippen molar-refractivity contribution in [3.05, 3.63) is 71.6 Å². The van der Waals surface area contributed by atoms with Crippen LogP contribution in [0.3, 0.4) is 0 Å². The maximum Gasteiger partial charge on any atom is 0.314 e. The lowest BCUT2D eigenvalue weighted by atomic mass is 9.86. The van der Waals surface area contributed by atoms with E-state index in [0.29, 0.717) is 24.0 Å². The third-order valence-corrected chi connectivity index (χ3v) is 6.58. The number of hydrogen-bond donors (Lipinski definition) is 1. The van der Waals surface area contributed by atoms with Crippen LogP contribution < -0.4 is 10.5 Å². The SMILES string of the molecule is COc1ccc(-c2c(C3CCN(C(N)=O)CC3)c3ccncc3n2-c2ccc(Cl)cc2)cn1. The minimum absolute atomic E-state index is 0.260. The van der Waals surface area contributed by atoms with Gasteiger partial charge in [0.15, 0.2) is 0 Å². The van der Waals surface area contributed by atoms with E-state index in [1.54, 1.807) is 12.0 Å². The highest BCUT2D eigenvalue weighted by molar-refractivity contribution is 6.30. The summed E-state index contributed by atoms with van der Waals surface area (Å²) in [5.41, 5.74) is 10.8. The lowest BCUT2D eigenvalue weighted by Crippen LogP contribution is -2.41. The lowest BCUT2D eigenvalue weighted by Gasteiger charge is -2.31. The Morgan fingerprint density at radius 3 is 2.48 bits per heavy atom. The van der Waals surface area contributed by atoms with Gasteiger partial charge in [-0.25, -0.2) is 9.78 Å². The normalized spacial score (nSPS) is 14.5. The van der Waals surface area contributed by atoms with Gasteiger partial charge in [-0.2, -0.15) is 0 Å². The van der Waals surface area contributed by atoms with Crippen LogP contribution in [0.15, 0.2) is 61.1 Å². The number of nitrogens with zero attached hydrogens (tertiary/aromatic N) is 4. The fourth-order valence-corrected chi connectivity index (χ4v) is 4.87. The molecular formula is C25H24ClN5O2. The number of rotatable bonds is 4. The molecule has 4 aromatic rings. The molecule has 168 valence electrons. The fourth-order valence-electron chi connectivity index (χ4n) is 4.75. The first-order valence-electron chi connectivity index (χ1n) is 10.9. The van der Waals surface area contributed by atoms with Gasteiger partial charge in [-0.1, -0.05) is 11.6 Å². The molecule has 2 N–H and O–H groups in total. The highest BCUT2D eigenvalue weighted by Gasteiger charge is 2.30. The average Bonchev–Trinajstić information content (AvgIpc) is 3.20. The summed E-state index contributed by atoms with van der Waals surface area (Å²) in [5.74, 6) is 0.821. The highest BCUT2D eigenvalue weighted by Crippen LogP contribution is 2.43. The van der Waals surface area contributed by atoms with Gasteiger partial charge in [0, 0.05) is 53.2 Å². The number of fused-ring (bicyclic) bond motifs is 1. The second kappa shape index (κ2) is 8.75. The van der Waals surface area contributed by atoms with Crippen molar-refractivity contribution >= 4 is 28.5 Å². The van der Waals surface area contributed by atoms with Crippen molar-refractivity contribution in [2.45, 2.75) is 18.8 Å². The van der Waals surface area contributed by atoms with Gasteiger partial charge in [0.1, 0.15) is 0 Å². The number of halogens is 1. The number of hydrogen-bond acceptors (Lipinski definition) is 4. The largest absolute Gasteiger partial charge is 0.481 e. The van der Waals surface area contributed by atoms with Gasteiger partial charge in [0.2, 0.25) is 5.88 Å². The van der Waals surface area contributed by atoms with Gasteiger partial charge in [-0.05, 0) is 60.7 Å². The molecule has 0 bridgehead atoms. The van der Waals surface area contributed by atoms with Crippen LogP contribution in [0.5, 0.6) is 5.88 Å². The maximum absolute atomic E-state index is 11.7. The first-order chi connectivity index (χ1) is 16.1. The van der Waals surface area contributed by atoms with Crippen LogP contribution in [0.1, 0.15) is 24.3 Å². The minimum atomic E-state index is -0.360. The number of carbonyl (C=O) groups is 1. The number of nitrogens with two attached hydrogens (primary N) is 1. The summed E-state index contributed by atoms with van der Waals surface area (Å²) in [7, 11) is 1.61. The number of likely N-dealkylation sites (tertiary alicyclic amines) is 1. The Morgan fingerprint density at radius 1 is 1.09 bits per heavy atom. The molecule has 0 atom stereocenters. The number of pyridine rings is 2. The monoisotopic (exact) mass is 461 g/mol. The first kappa shape index (κ1) is 21.3. The third-order valence-electron chi connectivity index (χ3n) is 6.33. The Bertz CT molecular complexity index is 1290. The van der Waals surface area contributed by atoms with E-state index < -0.39 is 0 Å². The molecule has 0 spiro atoms. The second-order valence-corrected chi connectivity index (χ2v) is 8.59. The summed E-state index contributed by atoms with van der Waals surface area (Å²) in [4.78, 5) is 22.3. The number of urea groups is 1. The fraction of sp³-hybridized carbons (Fsp3) is 0.240. The number of benzene rings is 1. The number of ether oxygens (including phenoxy) is 1. The van der Waals surface area contributed by atoms with E-state index in [-0.39, 0.29) is 11.9 Å². The molecule has 1 saturated heterocycles. The standard InChI is InChI=1S/C25H24ClN5O2/c1-33-22-7-2-17(14-29-22)24-23(16-9-12-30(13-10-16)25(27)32)20-8-11-28-15-21(20)31(24)19-5-3-18(26)4-6-19/h2-8,11,14-16H,9-10,12-13H2,1H3,(H2,27,32). The molecule has 0 radical (unpaired) electrons. The topological polar surface area (TPSA) is 86.3 Å². The third kappa shape index (κ3) is 3.89. The van der Waals surface area contributed by atoms with Crippen LogP contribution in [0, 0.1) is 0 Å². The summed E-state index contributed by atoms with van der Waals surface area (Å²) >= 11 is 6.19. The molecule has 0 aliphatic carbocycles. The first-order valence-corrected chi connectivity index (χ1v) is 11.2. The predicted molar refractivity (Wildman–Crippen MR) is 129 cm³/mol. The average molecular weight is 462 g/mol. The van der Waals surface area contributed by atoms with Crippen LogP contribution in [0.25, 0.3) is 27.8 Å². The number of carbonyl (C=O) groups excluding carboxylic acids is 1. The number of methoxy groups -OCH3 is 1. The van der Waals surface area contributed by atoms with Crippen molar-refractivity contribution in [1.82, 2.24) is 19.4 Å². The van der Waals surface area contributed by atoms with Crippen molar-refractivity contribution in [2.24, 2.45) is 5.73 Å². The number of primary amides is 1. The zero-order chi connectivity index (χ0) is 22.9. The lowest BCUT2D eigenvalue weighted by molar-refractivity contribution is 0.191. The van der Waals surface area contributed by atoms with Crippen LogP contribution in [-0.2, 0) is 0 Å². The van der Waals surface area contributed by atoms with E-state index >= 15 is 0 Å². The van der Waals surface area contributed by atoms with Gasteiger partial charge < -0.3 is 19.9 Å². The Labute approximate surface area is 196 Å². The van der Waals surface area contributed by atoms with E-state index in [9.17, 15) is 4.79 Å². The second-order valence-electron chi connectivity index (χ2n) is 8.16. The van der Waals surface area contributed by atoms with Crippen LogP contribution in [0.2, 0.25) is 5.02 Å². The summed E-state index contributed by atoms with van der Waals surface area (Å²) < 4.78 is 7.50. The van der Waals surface area contributed by atoms with Gasteiger partial charge in [-0.15, -0.1) is 0 Å². The number of amides is 2. The molecule has 4 heterocycles. The molecule has 1 aliphatic heterocycles. The quantitative estimate of drug-likeness (QED) is 0.463. The maximum atomic E-state index is 11.7. The van der Waals surface area contributed by atoms with E-state index in [2.05, 4.69) is 20.6 Å². The molecule has 0 unspecified atom stereocenters. The molecule has 5 rings (SSSR count). The molecular weight excluding hydrogens is 438 g/mol. The van der Waals surface area contributed by atoms with Crippen molar-refractivity contribution < 1.29 is 9.53 Å². The molecule has 1 aliphatic rings. The highest BCUT2D eigenvalue weighted by atomic mass is 35.5. The number of aromatic nitrogens is 3. The van der Waals surface area contributed by atoms with E-state index in [4.69, 9.17) is 22.1 Å². The van der Waals surface area contributed by atoms with Gasteiger partial charge in [0.05, 0.1) is 24.5 Å². The Hall–Kier alpha value is -3.58. The van der Waals surface area contributed by atoms with Crippen molar-refractivity contribution in [2.75, 3.05) is 20.2 Å². The predicted octanol–water partition coefficient (Wildman–Crippen LogP) is 5.01. The smallest absolute Gasteiger partial charge is 0.314 e. The summed E-state index contributed by atoms with van der Waals surface area (Å²) in [5, 5.41) is 1.82. The summed E-state index contributed by atoms with van der Waals surface area (Å²) in [6.45, 7) is 1.28. The van der Waals surface area contributed by atoms with E-state index in [1.165, 1.54) is 5.56 Å². The molecule has 0 saturated carbocycles. The summed E-state index contributed by atoms with van der Waals surface area (Å²) in [6, 6.07) is 13.4. The zero-order valence-electron chi connectivity index (χ0n) is 18.2. The van der Waals surface area contributed by atoms with Gasteiger partial charge in [-0.3, -0.25) is 4.98 Å². The van der Waals surface area contributed by atoms with E-state index in [1.807, 2.05) is 55.0 Å². The van der Waals surface area contributed by atoms with Gasteiger partial charge in [0.25, 0.3) is 0 Å². The number of piperidine rings is 1. The molecule has 33 heavy (non-hydrogen) atoms. The Morgan fingerprint density at radius 2 is 1.85 bits per heavy atom. The Kier molecular flexibility index (Phi) is 5.64. The molecule has 1 aromatic carbocycles. The molecule has 7 nitrogen and oxygen atoms in total. The van der Waals surface area contributed by atoms with Gasteiger partial charge >= 0.3 is 6.03 Å². The summed E-state index contributed by atoms with van der Waals surface area (Å²) in [6.07, 6.45) is 7.23. The molecule has 1 fully saturated rings. The van der Waals surface area contributed by atoms with Crippen LogP contribution in [0.4, 0.5) is 4.79 Å². The molecule has 8 heteroatoms. The molecule has 2 amide bonds.